The highest BCUT2D eigenvalue weighted by Crippen LogP contribution is 2.27. The third-order valence-corrected chi connectivity index (χ3v) is 5.33. The number of carbonyl (C=O) groups is 2. The van der Waals surface area contributed by atoms with Crippen LogP contribution in [-0.4, -0.2) is 58.9 Å². The Labute approximate surface area is 181 Å². The molecule has 8 heteroatoms. The Morgan fingerprint density at radius 3 is 2.61 bits per heavy atom. The number of nitrogens with one attached hydrogen (secondary N) is 3. The predicted octanol–water partition coefficient (Wildman–Crippen LogP) is 3.30. The van der Waals surface area contributed by atoms with Crippen LogP contribution in [0.3, 0.4) is 0 Å². The van der Waals surface area contributed by atoms with E-state index in [9.17, 15) is 9.59 Å². The second-order valence-corrected chi connectivity index (χ2v) is 8.10. The molecule has 3 N–H and O–H groups in total. The quantitative estimate of drug-likeness (QED) is 0.589. The summed E-state index contributed by atoms with van der Waals surface area (Å²) in [4.78, 5) is 36.4. The minimum absolute atomic E-state index is 0.00701. The van der Waals surface area contributed by atoms with Gasteiger partial charge in [0.05, 0.1) is 11.3 Å². The summed E-state index contributed by atoms with van der Waals surface area (Å²) in [6, 6.07) is 9.82. The maximum absolute atomic E-state index is 13.2. The number of pyridine rings is 1. The standard InChI is InChI=1S/C23H28N6O2/c1-15(2)26-21-5-4-8-24-22(21)28-9-11-29(12-10-28)23(31)19-14-25-20-7-6-17(13-18(19)20)27-16(3)30/h4-8,13-15,25-26H,9-12H2,1-3H3,(H,27,30). The first kappa shape index (κ1) is 20.7. The second-order valence-electron chi connectivity index (χ2n) is 8.10. The molecule has 0 unspecified atom stereocenters. The number of aromatic amines is 1. The van der Waals surface area contributed by atoms with Crippen molar-refractivity contribution in [3.8, 4) is 0 Å². The molecule has 8 nitrogen and oxygen atoms in total. The molecule has 3 aromatic rings. The van der Waals surface area contributed by atoms with Gasteiger partial charge in [-0.3, -0.25) is 9.59 Å². The van der Waals surface area contributed by atoms with Gasteiger partial charge in [0.25, 0.3) is 5.91 Å². The Morgan fingerprint density at radius 1 is 1.13 bits per heavy atom. The van der Waals surface area contributed by atoms with Gasteiger partial charge in [-0.25, -0.2) is 4.98 Å². The fourth-order valence-electron chi connectivity index (χ4n) is 3.94. The van der Waals surface area contributed by atoms with Gasteiger partial charge in [-0.2, -0.15) is 0 Å². The Kier molecular flexibility index (Phi) is 5.79. The summed E-state index contributed by atoms with van der Waals surface area (Å²) in [6.45, 7) is 8.35. The SMILES string of the molecule is CC(=O)Nc1ccc2[nH]cc(C(=O)N3CCN(c4ncccc4NC(C)C)CC3)c2c1. The summed E-state index contributed by atoms with van der Waals surface area (Å²) in [7, 11) is 0. The first-order valence-electron chi connectivity index (χ1n) is 10.6. The van der Waals surface area contributed by atoms with Crippen molar-refractivity contribution in [3.05, 3.63) is 48.3 Å². The van der Waals surface area contributed by atoms with Crippen LogP contribution in [0.25, 0.3) is 10.9 Å². The van der Waals surface area contributed by atoms with Crippen LogP contribution < -0.4 is 15.5 Å². The second kappa shape index (κ2) is 8.67. The maximum atomic E-state index is 13.2. The van der Waals surface area contributed by atoms with Gasteiger partial charge in [-0.15, -0.1) is 0 Å². The number of aromatic nitrogens is 2. The molecule has 1 aliphatic rings. The number of carbonyl (C=O) groups excluding carboxylic acids is 2. The predicted molar refractivity (Wildman–Crippen MR) is 124 cm³/mol. The molecule has 0 radical (unpaired) electrons. The molecular formula is C23H28N6O2. The monoisotopic (exact) mass is 420 g/mol. The van der Waals surface area contributed by atoms with E-state index < -0.39 is 0 Å². The highest BCUT2D eigenvalue weighted by Gasteiger charge is 2.26. The van der Waals surface area contributed by atoms with E-state index in [-0.39, 0.29) is 11.8 Å². The van der Waals surface area contributed by atoms with Crippen LogP contribution in [-0.2, 0) is 4.79 Å². The fourth-order valence-corrected chi connectivity index (χ4v) is 3.94. The lowest BCUT2D eigenvalue weighted by molar-refractivity contribution is -0.114. The molecule has 4 rings (SSSR count). The van der Waals surface area contributed by atoms with Gasteiger partial charge < -0.3 is 25.4 Å². The van der Waals surface area contributed by atoms with Crippen LogP contribution >= 0.6 is 0 Å². The van der Waals surface area contributed by atoms with Crippen LogP contribution in [0.4, 0.5) is 17.2 Å². The van der Waals surface area contributed by atoms with Crippen molar-refractivity contribution in [2.75, 3.05) is 41.7 Å². The molecule has 2 amide bonds. The van der Waals surface area contributed by atoms with E-state index in [0.717, 1.165) is 35.5 Å². The van der Waals surface area contributed by atoms with E-state index in [0.29, 0.717) is 30.4 Å². The van der Waals surface area contributed by atoms with Crippen molar-refractivity contribution in [3.63, 3.8) is 0 Å². The topological polar surface area (TPSA) is 93.4 Å². The van der Waals surface area contributed by atoms with Crippen LogP contribution in [0.15, 0.2) is 42.7 Å². The number of benzene rings is 1. The summed E-state index contributed by atoms with van der Waals surface area (Å²) in [6.07, 6.45) is 3.55. The minimum atomic E-state index is -0.139. The first-order valence-corrected chi connectivity index (χ1v) is 10.6. The van der Waals surface area contributed by atoms with Crippen molar-refractivity contribution in [2.24, 2.45) is 0 Å². The van der Waals surface area contributed by atoms with Crippen LogP contribution in [0.5, 0.6) is 0 Å². The van der Waals surface area contributed by atoms with Gasteiger partial charge in [0, 0.05) is 68.1 Å². The van der Waals surface area contributed by atoms with Crippen molar-refractivity contribution in [2.45, 2.75) is 26.8 Å². The van der Waals surface area contributed by atoms with E-state index in [1.165, 1.54) is 6.92 Å². The number of hydrogen-bond donors (Lipinski definition) is 3. The zero-order valence-electron chi connectivity index (χ0n) is 18.1. The molecule has 2 aromatic heterocycles. The van der Waals surface area contributed by atoms with Crippen molar-refractivity contribution >= 4 is 39.9 Å². The molecule has 3 heterocycles. The lowest BCUT2D eigenvalue weighted by Crippen LogP contribution is -2.49. The largest absolute Gasteiger partial charge is 0.380 e. The molecule has 0 aliphatic carbocycles. The van der Waals surface area contributed by atoms with E-state index in [1.807, 2.05) is 35.2 Å². The number of H-pyrrole nitrogens is 1. The lowest BCUT2D eigenvalue weighted by atomic mass is 10.1. The highest BCUT2D eigenvalue weighted by atomic mass is 16.2. The van der Waals surface area contributed by atoms with Crippen LogP contribution in [0.1, 0.15) is 31.1 Å². The molecule has 0 spiro atoms. The number of hydrogen-bond acceptors (Lipinski definition) is 5. The summed E-state index contributed by atoms with van der Waals surface area (Å²) in [5.41, 5.74) is 3.18. The number of nitrogens with zero attached hydrogens (tertiary/aromatic N) is 3. The average molecular weight is 421 g/mol. The van der Waals surface area contributed by atoms with Crippen molar-refractivity contribution < 1.29 is 9.59 Å². The highest BCUT2D eigenvalue weighted by molar-refractivity contribution is 6.08. The normalized spacial score (nSPS) is 14.2. The molecular weight excluding hydrogens is 392 g/mol. The number of anilines is 3. The molecule has 1 aliphatic heterocycles. The maximum Gasteiger partial charge on any atom is 0.256 e. The van der Waals surface area contributed by atoms with Gasteiger partial charge in [0.2, 0.25) is 5.91 Å². The van der Waals surface area contributed by atoms with Gasteiger partial charge in [-0.1, -0.05) is 0 Å². The van der Waals surface area contributed by atoms with Crippen LogP contribution in [0.2, 0.25) is 0 Å². The van der Waals surface area contributed by atoms with Gasteiger partial charge in [0.15, 0.2) is 5.82 Å². The van der Waals surface area contributed by atoms with Crippen molar-refractivity contribution in [1.29, 1.82) is 0 Å². The molecule has 1 fully saturated rings. The number of amides is 2. The number of piperazine rings is 1. The summed E-state index contributed by atoms with van der Waals surface area (Å²) >= 11 is 0. The molecule has 31 heavy (non-hydrogen) atoms. The Balaban J connectivity index is 1.48. The molecule has 1 aromatic carbocycles. The fraction of sp³-hybridized carbons (Fsp3) is 0.348. The number of fused-ring (bicyclic) bond motifs is 1. The minimum Gasteiger partial charge on any atom is -0.380 e. The Bertz CT molecular complexity index is 1100. The molecule has 162 valence electrons. The van der Waals surface area contributed by atoms with Crippen LogP contribution in [0, 0.1) is 0 Å². The zero-order valence-corrected chi connectivity index (χ0v) is 18.1. The van der Waals surface area contributed by atoms with Gasteiger partial charge in [0.1, 0.15) is 0 Å². The summed E-state index contributed by atoms with van der Waals surface area (Å²) in [5.74, 6) is 0.780. The Hall–Kier alpha value is -3.55. The zero-order chi connectivity index (χ0) is 22.0. The lowest BCUT2D eigenvalue weighted by Gasteiger charge is -2.36. The Morgan fingerprint density at radius 2 is 1.90 bits per heavy atom. The third-order valence-electron chi connectivity index (χ3n) is 5.33. The molecule has 0 saturated carbocycles. The first-order chi connectivity index (χ1) is 14.9. The smallest absolute Gasteiger partial charge is 0.256 e. The van der Waals surface area contributed by atoms with E-state index >= 15 is 0 Å². The molecule has 0 atom stereocenters. The summed E-state index contributed by atoms with van der Waals surface area (Å²) < 4.78 is 0. The van der Waals surface area contributed by atoms with Gasteiger partial charge in [-0.05, 0) is 44.2 Å². The third kappa shape index (κ3) is 4.47. The van der Waals surface area contributed by atoms with E-state index in [4.69, 9.17) is 0 Å². The summed E-state index contributed by atoms with van der Waals surface area (Å²) in [5, 5.41) is 7.04. The average Bonchev–Trinajstić information content (AvgIpc) is 3.16. The molecule has 0 bridgehead atoms. The molecule has 1 saturated heterocycles. The van der Waals surface area contributed by atoms with Gasteiger partial charge >= 0.3 is 0 Å². The van der Waals surface area contributed by atoms with E-state index in [2.05, 4.69) is 39.3 Å². The van der Waals surface area contributed by atoms with Crippen molar-refractivity contribution in [1.82, 2.24) is 14.9 Å². The van der Waals surface area contributed by atoms with E-state index in [1.54, 1.807) is 12.4 Å². The number of rotatable bonds is 5.